The number of thioether (sulfide) groups is 2. The van der Waals surface area contributed by atoms with Crippen LogP contribution >= 0.6 is 23.5 Å². The zero-order chi connectivity index (χ0) is 42.0. The standard InChI is InChI=1S/C41H53N5O9S2/c1-26-11-15-29(16-12-26)22-56-24-33(44-36(49)31(19-35(42)48)46-40(53)55-41(3,4)5)38(51)43-32(20-47)37(50)45-34(25-57-23-30-17-13-27(2)14-18-30)39(52)54-21-28-9-7-6-8-10-28/h6-18,31-34,47H,19-25H2,1-5H3,(H2,42,48)(H,43,51)(H,44,49)(H,45,50)(H,46,53)/t31-,32-,33-,34-/m0/s1. The van der Waals surface area contributed by atoms with Crippen LogP contribution in [0.3, 0.4) is 0 Å². The summed E-state index contributed by atoms with van der Waals surface area (Å²) in [5, 5.41) is 20.3. The maximum Gasteiger partial charge on any atom is 0.408 e. The number of aliphatic hydroxyl groups is 1. The monoisotopic (exact) mass is 823 g/mol. The third kappa shape index (κ3) is 17.7. The maximum absolute atomic E-state index is 13.8. The Labute approximate surface area is 342 Å². The molecule has 0 radical (unpaired) electrons. The van der Waals surface area contributed by atoms with Gasteiger partial charge in [0.05, 0.1) is 13.0 Å². The molecule has 0 saturated carbocycles. The number of esters is 1. The number of primary amides is 1. The first-order chi connectivity index (χ1) is 27.0. The Kier molecular flexibility index (Phi) is 18.9. The number of nitrogens with one attached hydrogen (secondary N) is 4. The molecule has 3 aromatic rings. The molecule has 14 nitrogen and oxygen atoms in total. The van der Waals surface area contributed by atoms with Gasteiger partial charge in [-0.1, -0.05) is 90.0 Å². The molecule has 0 aromatic heterocycles. The van der Waals surface area contributed by atoms with Crippen molar-refractivity contribution in [3.8, 4) is 0 Å². The van der Waals surface area contributed by atoms with E-state index >= 15 is 0 Å². The summed E-state index contributed by atoms with van der Waals surface area (Å²) in [7, 11) is 0. The van der Waals surface area contributed by atoms with Crippen LogP contribution in [0.5, 0.6) is 0 Å². The zero-order valence-electron chi connectivity index (χ0n) is 32.9. The summed E-state index contributed by atoms with van der Waals surface area (Å²) in [5.41, 5.74) is 9.34. The molecule has 0 unspecified atom stereocenters. The van der Waals surface area contributed by atoms with Gasteiger partial charge in [-0.2, -0.15) is 23.5 Å². The van der Waals surface area contributed by atoms with E-state index in [0.29, 0.717) is 11.5 Å². The lowest BCUT2D eigenvalue weighted by molar-refractivity contribution is -0.148. The van der Waals surface area contributed by atoms with Crippen molar-refractivity contribution in [1.82, 2.24) is 21.3 Å². The SMILES string of the molecule is Cc1ccc(CSC[C@H](NC(=O)[C@H](CC(N)=O)NC(=O)OC(C)(C)C)C(=O)N[C@@H](CO)C(=O)N[C@@H](CSCc2ccc(C)cc2)C(=O)OCc2ccccc2)cc1. The van der Waals surface area contributed by atoms with E-state index in [1.165, 1.54) is 23.5 Å². The average Bonchev–Trinajstić information content (AvgIpc) is 3.15. The van der Waals surface area contributed by atoms with Gasteiger partial charge in [0.15, 0.2) is 0 Å². The van der Waals surface area contributed by atoms with Crippen molar-refractivity contribution >= 4 is 59.2 Å². The second-order valence-corrected chi connectivity index (χ2v) is 16.4. The maximum atomic E-state index is 13.8. The molecule has 0 saturated heterocycles. The third-order valence-corrected chi connectivity index (χ3v) is 10.2. The van der Waals surface area contributed by atoms with Crippen LogP contribution in [0.15, 0.2) is 78.9 Å². The number of amides is 5. The lowest BCUT2D eigenvalue weighted by atomic mass is 10.1. The topological polar surface area (TPSA) is 215 Å². The highest BCUT2D eigenvalue weighted by atomic mass is 32.2. The molecule has 57 heavy (non-hydrogen) atoms. The highest BCUT2D eigenvalue weighted by molar-refractivity contribution is 7.98. The van der Waals surface area contributed by atoms with Gasteiger partial charge in [-0.3, -0.25) is 19.2 Å². The van der Waals surface area contributed by atoms with Crippen molar-refractivity contribution in [2.45, 2.75) is 88.9 Å². The van der Waals surface area contributed by atoms with Crippen LogP contribution in [0.1, 0.15) is 55.0 Å². The molecule has 308 valence electrons. The summed E-state index contributed by atoms with van der Waals surface area (Å²) in [6, 6.07) is 19.2. The van der Waals surface area contributed by atoms with Gasteiger partial charge >= 0.3 is 12.1 Å². The molecule has 0 aliphatic carbocycles. The summed E-state index contributed by atoms with van der Waals surface area (Å²) in [6.07, 6.45) is -1.58. The fourth-order valence-corrected chi connectivity index (χ4v) is 7.03. The summed E-state index contributed by atoms with van der Waals surface area (Å²) in [6.45, 7) is 7.92. The van der Waals surface area contributed by atoms with Gasteiger partial charge in [0.25, 0.3) is 0 Å². The van der Waals surface area contributed by atoms with Crippen LogP contribution in [-0.4, -0.2) is 88.7 Å². The van der Waals surface area contributed by atoms with Gasteiger partial charge in [0.2, 0.25) is 23.6 Å². The molecule has 0 aliphatic heterocycles. The highest BCUT2D eigenvalue weighted by Crippen LogP contribution is 2.17. The van der Waals surface area contributed by atoms with Crippen LogP contribution in [0.2, 0.25) is 0 Å². The molecule has 5 amide bonds. The quantitative estimate of drug-likeness (QED) is 0.0857. The van der Waals surface area contributed by atoms with Crippen LogP contribution in [0.4, 0.5) is 4.79 Å². The Balaban J connectivity index is 1.77. The van der Waals surface area contributed by atoms with Gasteiger partial charge < -0.3 is 41.6 Å². The first-order valence-electron chi connectivity index (χ1n) is 18.3. The lowest BCUT2D eigenvalue weighted by Crippen LogP contribution is -2.59. The molecule has 0 heterocycles. The largest absolute Gasteiger partial charge is 0.459 e. The number of aliphatic hydroxyl groups excluding tert-OH is 1. The van der Waals surface area contributed by atoms with Gasteiger partial charge in [0, 0.05) is 23.0 Å². The van der Waals surface area contributed by atoms with E-state index in [9.17, 15) is 33.9 Å². The number of ether oxygens (including phenoxy) is 2. The summed E-state index contributed by atoms with van der Waals surface area (Å²) >= 11 is 2.69. The normalized spacial score (nSPS) is 13.2. The van der Waals surface area contributed by atoms with E-state index in [1.54, 1.807) is 45.0 Å². The van der Waals surface area contributed by atoms with Crippen LogP contribution in [0, 0.1) is 13.8 Å². The van der Waals surface area contributed by atoms with Gasteiger partial charge in [-0.15, -0.1) is 0 Å². The first-order valence-corrected chi connectivity index (χ1v) is 20.6. The number of nitrogens with two attached hydrogens (primary N) is 1. The van der Waals surface area contributed by atoms with E-state index < -0.39 is 78.5 Å². The van der Waals surface area contributed by atoms with E-state index in [0.717, 1.165) is 27.8 Å². The van der Waals surface area contributed by atoms with Crippen LogP contribution < -0.4 is 27.0 Å². The number of hydrogen-bond donors (Lipinski definition) is 6. The van der Waals surface area contributed by atoms with Gasteiger partial charge in [-0.05, 0) is 51.3 Å². The van der Waals surface area contributed by atoms with Crippen molar-refractivity contribution in [2.24, 2.45) is 5.73 Å². The minimum Gasteiger partial charge on any atom is -0.459 e. The lowest BCUT2D eigenvalue weighted by Gasteiger charge is -2.26. The molecule has 3 rings (SSSR count). The molecule has 0 spiro atoms. The molecule has 3 aromatic carbocycles. The van der Waals surface area contributed by atoms with Crippen molar-refractivity contribution in [2.75, 3.05) is 18.1 Å². The van der Waals surface area contributed by atoms with Crippen molar-refractivity contribution in [1.29, 1.82) is 0 Å². The molecule has 0 aliphatic rings. The third-order valence-electron chi connectivity index (χ3n) is 8.03. The second kappa shape index (κ2) is 23.2. The second-order valence-electron chi connectivity index (χ2n) is 14.3. The number of carbonyl (C=O) groups excluding carboxylic acids is 6. The number of carbonyl (C=O) groups is 6. The predicted molar refractivity (Wildman–Crippen MR) is 221 cm³/mol. The minimum absolute atomic E-state index is 0.00890. The van der Waals surface area contributed by atoms with E-state index in [2.05, 4.69) is 21.3 Å². The number of benzene rings is 3. The number of hydrogen-bond acceptors (Lipinski definition) is 11. The molecular weight excluding hydrogens is 771 g/mol. The molecule has 0 fully saturated rings. The minimum atomic E-state index is -1.54. The molecule has 7 N–H and O–H groups in total. The van der Waals surface area contributed by atoms with E-state index in [1.807, 2.05) is 68.4 Å². The molecular formula is C41H53N5O9S2. The van der Waals surface area contributed by atoms with Crippen molar-refractivity contribution < 1.29 is 43.3 Å². The van der Waals surface area contributed by atoms with Crippen molar-refractivity contribution in [3.63, 3.8) is 0 Å². The van der Waals surface area contributed by atoms with Crippen LogP contribution in [0.25, 0.3) is 0 Å². The molecule has 4 atom stereocenters. The fourth-order valence-electron chi connectivity index (χ4n) is 5.01. The Morgan fingerprint density at radius 2 is 1.12 bits per heavy atom. The van der Waals surface area contributed by atoms with Crippen LogP contribution in [-0.2, 0) is 51.6 Å². The number of alkyl carbamates (subject to hydrolysis) is 1. The van der Waals surface area contributed by atoms with Gasteiger partial charge in [0.1, 0.15) is 36.4 Å². The highest BCUT2D eigenvalue weighted by Gasteiger charge is 2.33. The average molecular weight is 824 g/mol. The smallest absolute Gasteiger partial charge is 0.408 e. The van der Waals surface area contributed by atoms with E-state index in [4.69, 9.17) is 15.2 Å². The Morgan fingerprint density at radius 1 is 0.649 bits per heavy atom. The molecule has 16 heteroatoms. The fraction of sp³-hybridized carbons (Fsp3) is 0.415. The summed E-state index contributed by atoms with van der Waals surface area (Å²) in [4.78, 5) is 78.6. The Bertz CT molecular complexity index is 1790. The zero-order valence-corrected chi connectivity index (χ0v) is 34.5. The predicted octanol–water partition coefficient (Wildman–Crippen LogP) is 3.43. The van der Waals surface area contributed by atoms with Crippen molar-refractivity contribution in [3.05, 3.63) is 107 Å². The summed E-state index contributed by atoms with van der Waals surface area (Å²) in [5.74, 6) is -3.11. The van der Waals surface area contributed by atoms with E-state index in [-0.39, 0.29) is 18.1 Å². The number of rotatable bonds is 21. The molecule has 0 bridgehead atoms. The Morgan fingerprint density at radius 3 is 1.63 bits per heavy atom. The first kappa shape index (κ1) is 46.3. The number of aryl methyl sites for hydroxylation is 2. The summed E-state index contributed by atoms with van der Waals surface area (Å²) < 4.78 is 10.8. The van der Waals surface area contributed by atoms with Gasteiger partial charge in [-0.25, -0.2) is 9.59 Å². The Hall–Kier alpha value is -5.06.